The van der Waals surface area contributed by atoms with Crippen LogP contribution in [0.1, 0.15) is 20.8 Å². The van der Waals surface area contributed by atoms with Crippen molar-refractivity contribution in [1.29, 1.82) is 0 Å². The topological polar surface area (TPSA) is 108 Å². The highest BCUT2D eigenvalue weighted by atomic mass is 32.2. The summed E-state index contributed by atoms with van der Waals surface area (Å²) in [5.41, 5.74) is 5.24. The molecule has 0 aromatic carbocycles. The molecular formula is C7H18N4O3S. The Bertz CT molecular complexity index is 312. The van der Waals surface area contributed by atoms with Gasteiger partial charge in [-0.2, -0.15) is 17.4 Å². The van der Waals surface area contributed by atoms with Crippen LogP contribution in [0.4, 0.5) is 0 Å². The van der Waals surface area contributed by atoms with Gasteiger partial charge in [0.15, 0.2) is 5.84 Å². The van der Waals surface area contributed by atoms with Crippen molar-refractivity contribution in [2.75, 3.05) is 13.1 Å². The molecule has 0 saturated heterocycles. The van der Waals surface area contributed by atoms with Gasteiger partial charge in [0.1, 0.15) is 0 Å². The number of oxime groups is 1. The Labute approximate surface area is 90.1 Å². The standard InChI is InChI=1S/C7H18N4O3S/c1-4-11(5-7(8)9-12)15(13,14)10-6(2)3/h6,10,12H,4-5H2,1-3H3,(H2,8,9). The van der Waals surface area contributed by atoms with Crippen LogP contribution >= 0.6 is 0 Å². The molecule has 4 N–H and O–H groups in total. The van der Waals surface area contributed by atoms with Gasteiger partial charge in [0.05, 0.1) is 6.54 Å². The number of hydrogen-bond donors (Lipinski definition) is 3. The van der Waals surface area contributed by atoms with Crippen LogP contribution in [0.25, 0.3) is 0 Å². The zero-order chi connectivity index (χ0) is 12.1. The average molecular weight is 238 g/mol. The van der Waals surface area contributed by atoms with Gasteiger partial charge < -0.3 is 10.9 Å². The molecule has 15 heavy (non-hydrogen) atoms. The fourth-order valence-electron chi connectivity index (χ4n) is 0.951. The summed E-state index contributed by atoms with van der Waals surface area (Å²) in [6.45, 7) is 5.22. The molecule has 0 aromatic rings. The SMILES string of the molecule is CCN(CC(N)=NO)S(=O)(=O)NC(C)C. The second kappa shape index (κ2) is 5.89. The van der Waals surface area contributed by atoms with E-state index in [1.807, 2.05) is 0 Å². The van der Waals surface area contributed by atoms with Gasteiger partial charge in [-0.3, -0.25) is 0 Å². The summed E-state index contributed by atoms with van der Waals surface area (Å²) in [7, 11) is -3.57. The predicted molar refractivity (Wildman–Crippen MR) is 57.8 cm³/mol. The zero-order valence-corrected chi connectivity index (χ0v) is 9.95. The molecule has 0 saturated carbocycles. The van der Waals surface area contributed by atoms with Crippen molar-refractivity contribution in [2.24, 2.45) is 10.9 Å². The van der Waals surface area contributed by atoms with E-state index in [4.69, 9.17) is 10.9 Å². The number of nitrogens with zero attached hydrogens (tertiary/aromatic N) is 2. The lowest BCUT2D eigenvalue weighted by molar-refractivity contribution is 0.314. The molecule has 8 heteroatoms. The van der Waals surface area contributed by atoms with Crippen LogP contribution in [-0.2, 0) is 10.2 Å². The summed E-state index contributed by atoms with van der Waals surface area (Å²) in [4.78, 5) is 0. The quantitative estimate of drug-likeness (QED) is 0.246. The summed E-state index contributed by atoms with van der Waals surface area (Å²) in [5.74, 6) is -0.147. The van der Waals surface area contributed by atoms with Crippen LogP contribution in [-0.4, -0.2) is 42.9 Å². The number of amidine groups is 1. The Morgan fingerprint density at radius 1 is 1.60 bits per heavy atom. The minimum atomic E-state index is -3.57. The van der Waals surface area contributed by atoms with Crippen LogP contribution < -0.4 is 10.5 Å². The van der Waals surface area contributed by atoms with Crippen molar-refractivity contribution < 1.29 is 13.6 Å². The first-order chi connectivity index (χ1) is 6.83. The Morgan fingerprint density at radius 2 is 2.13 bits per heavy atom. The minimum Gasteiger partial charge on any atom is -0.409 e. The normalized spacial score (nSPS) is 13.8. The van der Waals surface area contributed by atoms with Crippen LogP contribution in [0.5, 0.6) is 0 Å². The summed E-state index contributed by atoms with van der Waals surface area (Å²) in [5, 5.41) is 11.1. The molecule has 0 bridgehead atoms. The monoisotopic (exact) mass is 238 g/mol. The molecule has 0 atom stereocenters. The van der Waals surface area contributed by atoms with E-state index in [9.17, 15) is 8.42 Å². The molecular weight excluding hydrogens is 220 g/mol. The lowest BCUT2D eigenvalue weighted by atomic mass is 10.4. The fourth-order valence-corrected chi connectivity index (χ4v) is 2.34. The third-order valence-corrected chi connectivity index (χ3v) is 3.38. The number of rotatable bonds is 6. The van der Waals surface area contributed by atoms with Crippen LogP contribution in [0.3, 0.4) is 0 Å². The predicted octanol–water partition coefficient (Wildman–Crippen LogP) is -0.702. The molecule has 0 amide bonds. The lowest BCUT2D eigenvalue weighted by Gasteiger charge is -2.21. The van der Waals surface area contributed by atoms with E-state index in [0.717, 1.165) is 4.31 Å². The van der Waals surface area contributed by atoms with Crippen molar-refractivity contribution in [3.8, 4) is 0 Å². The molecule has 0 aliphatic carbocycles. The van der Waals surface area contributed by atoms with Gasteiger partial charge >= 0.3 is 0 Å². The molecule has 0 aliphatic rings. The number of likely N-dealkylation sites (N-methyl/N-ethyl adjacent to an activating group) is 1. The zero-order valence-electron chi connectivity index (χ0n) is 9.14. The molecule has 0 heterocycles. The first kappa shape index (κ1) is 14.1. The third kappa shape index (κ3) is 4.96. The number of nitrogens with two attached hydrogens (primary N) is 1. The highest BCUT2D eigenvalue weighted by Crippen LogP contribution is 1.98. The molecule has 0 rings (SSSR count). The smallest absolute Gasteiger partial charge is 0.280 e. The number of hydrogen-bond acceptors (Lipinski definition) is 4. The Kier molecular flexibility index (Phi) is 5.55. The molecule has 0 spiro atoms. The second-order valence-electron chi connectivity index (χ2n) is 3.30. The van der Waals surface area contributed by atoms with Gasteiger partial charge in [0, 0.05) is 12.6 Å². The Hall–Kier alpha value is -0.860. The average Bonchev–Trinajstić information content (AvgIpc) is 2.11. The molecule has 0 radical (unpaired) electrons. The van der Waals surface area contributed by atoms with E-state index >= 15 is 0 Å². The van der Waals surface area contributed by atoms with Crippen molar-refractivity contribution in [3.05, 3.63) is 0 Å². The van der Waals surface area contributed by atoms with Gasteiger partial charge in [-0.1, -0.05) is 12.1 Å². The lowest BCUT2D eigenvalue weighted by Crippen LogP contribution is -2.46. The maximum atomic E-state index is 11.6. The van der Waals surface area contributed by atoms with E-state index < -0.39 is 10.2 Å². The summed E-state index contributed by atoms with van der Waals surface area (Å²) in [6, 6.07) is -0.198. The summed E-state index contributed by atoms with van der Waals surface area (Å²) >= 11 is 0. The van der Waals surface area contributed by atoms with E-state index in [0.29, 0.717) is 0 Å². The summed E-state index contributed by atoms with van der Waals surface area (Å²) in [6.07, 6.45) is 0. The van der Waals surface area contributed by atoms with E-state index in [-0.39, 0.29) is 25.0 Å². The van der Waals surface area contributed by atoms with Crippen molar-refractivity contribution in [3.63, 3.8) is 0 Å². The van der Waals surface area contributed by atoms with Crippen molar-refractivity contribution in [1.82, 2.24) is 9.03 Å². The maximum Gasteiger partial charge on any atom is 0.280 e. The molecule has 0 unspecified atom stereocenters. The van der Waals surface area contributed by atoms with Gasteiger partial charge in [-0.05, 0) is 13.8 Å². The summed E-state index contributed by atoms with van der Waals surface area (Å²) < 4.78 is 26.8. The van der Waals surface area contributed by atoms with Crippen LogP contribution in [0.2, 0.25) is 0 Å². The van der Waals surface area contributed by atoms with Crippen LogP contribution in [0.15, 0.2) is 5.16 Å². The van der Waals surface area contributed by atoms with Crippen molar-refractivity contribution >= 4 is 16.0 Å². The molecule has 0 aliphatic heterocycles. The first-order valence-electron chi connectivity index (χ1n) is 4.57. The third-order valence-electron chi connectivity index (χ3n) is 1.54. The highest BCUT2D eigenvalue weighted by molar-refractivity contribution is 7.87. The first-order valence-corrected chi connectivity index (χ1v) is 6.01. The van der Waals surface area contributed by atoms with Gasteiger partial charge in [-0.15, -0.1) is 0 Å². The Morgan fingerprint density at radius 3 is 2.47 bits per heavy atom. The maximum absolute atomic E-state index is 11.6. The van der Waals surface area contributed by atoms with E-state index in [2.05, 4.69) is 9.88 Å². The molecule has 0 aromatic heterocycles. The molecule has 7 nitrogen and oxygen atoms in total. The largest absolute Gasteiger partial charge is 0.409 e. The van der Waals surface area contributed by atoms with E-state index in [1.54, 1.807) is 20.8 Å². The fraction of sp³-hybridized carbons (Fsp3) is 0.857. The second-order valence-corrected chi connectivity index (χ2v) is 5.00. The Balaban J connectivity index is 4.66. The molecule has 90 valence electrons. The van der Waals surface area contributed by atoms with Crippen molar-refractivity contribution in [2.45, 2.75) is 26.8 Å². The van der Waals surface area contributed by atoms with E-state index in [1.165, 1.54) is 0 Å². The molecule has 0 fully saturated rings. The number of nitrogens with one attached hydrogen (secondary N) is 1. The minimum absolute atomic E-state index is 0.130. The van der Waals surface area contributed by atoms with Gasteiger partial charge in [0.2, 0.25) is 0 Å². The van der Waals surface area contributed by atoms with Gasteiger partial charge in [0.25, 0.3) is 10.2 Å². The highest BCUT2D eigenvalue weighted by Gasteiger charge is 2.21. The van der Waals surface area contributed by atoms with Gasteiger partial charge in [-0.25, -0.2) is 0 Å². The van der Waals surface area contributed by atoms with Crippen LogP contribution in [0, 0.1) is 0 Å².